The predicted octanol–water partition coefficient (Wildman–Crippen LogP) is 12.1. The molecule has 0 spiro atoms. The Morgan fingerprint density at radius 2 is 0.790 bits per heavy atom. The van der Waals surface area contributed by atoms with E-state index in [2.05, 4.69) is 19.2 Å². The number of unbranched alkanes of at least 4 members (excludes halogenated alkanes) is 34. The number of carbonyl (C=O) groups excluding carboxylic acids is 1. The van der Waals surface area contributed by atoms with E-state index < -0.39 is 55.4 Å². The second-order valence-corrected chi connectivity index (χ2v) is 19.6. The van der Waals surface area contributed by atoms with Gasteiger partial charge in [-0.15, -0.1) is 0 Å². The van der Waals surface area contributed by atoms with Crippen LogP contribution >= 0.6 is 0 Å². The molecule has 0 unspecified atom stereocenters. The first-order valence-electron chi connectivity index (χ1n) is 27.2. The molecule has 1 aliphatic rings. The Kier molecular flexibility index (Phi) is 40.9. The van der Waals surface area contributed by atoms with Crippen molar-refractivity contribution < 1.29 is 40.2 Å². The van der Waals surface area contributed by atoms with E-state index in [0.717, 1.165) is 38.5 Å². The van der Waals surface area contributed by atoms with Crippen LogP contribution in [0.1, 0.15) is 277 Å². The van der Waals surface area contributed by atoms with Crippen molar-refractivity contribution in [3.63, 3.8) is 0 Å². The molecule has 1 aliphatic heterocycles. The summed E-state index contributed by atoms with van der Waals surface area (Å²) in [7, 11) is 0. The molecule has 1 heterocycles. The molecule has 0 aromatic rings. The van der Waals surface area contributed by atoms with Gasteiger partial charge in [-0.05, 0) is 25.7 Å². The highest BCUT2D eigenvalue weighted by molar-refractivity contribution is 5.76. The highest BCUT2D eigenvalue weighted by Crippen LogP contribution is 2.26. The molecule has 370 valence electrons. The van der Waals surface area contributed by atoms with Crippen LogP contribution in [0.5, 0.6) is 0 Å². The van der Waals surface area contributed by atoms with Crippen molar-refractivity contribution in [3.8, 4) is 0 Å². The van der Waals surface area contributed by atoms with Gasteiger partial charge in [0.25, 0.3) is 0 Å². The highest BCUT2D eigenvalue weighted by atomic mass is 16.5. The Labute approximate surface area is 382 Å². The molecule has 0 aliphatic carbocycles. The molecule has 9 heteroatoms. The van der Waals surface area contributed by atoms with Crippen LogP contribution in [-0.2, 0) is 9.53 Å². The average molecular weight is 884 g/mol. The van der Waals surface area contributed by atoms with Gasteiger partial charge in [0.15, 0.2) is 0 Å². The molecule has 8 atom stereocenters. The van der Waals surface area contributed by atoms with Gasteiger partial charge in [-0.3, -0.25) is 4.79 Å². The summed E-state index contributed by atoms with van der Waals surface area (Å²) in [5.74, 6) is -0.0935. The molecule has 0 bridgehead atoms. The van der Waals surface area contributed by atoms with E-state index >= 15 is 0 Å². The maximum absolute atomic E-state index is 13.1. The summed E-state index contributed by atoms with van der Waals surface area (Å²) in [5, 5.41) is 65.6. The first-order chi connectivity index (χ1) is 30.3. The van der Waals surface area contributed by atoms with Gasteiger partial charge in [-0.1, -0.05) is 245 Å². The first-order valence-corrected chi connectivity index (χ1v) is 27.2. The Morgan fingerprint density at radius 3 is 1.18 bits per heavy atom. The summed E-state index contributed by atoms with van der Waals surface area (Å²) >= 11 is 0. The van der Waals surface area contributed by atoms with Crippen molar-refractivity contribution >= 4 is 5.91 Å². The van der Waals surface area contributed by atoms with Gasteiger partial charge in [-0.2, -0.15) is 0 Å². The molecule has 62 heavy (non-hydrogen) atoms. The van der Waals surface area contributed by atoms with Crippen LogP contribution in [0.25, 0.3) is 0 Å². The molecule has 1 rings (SSSR count). The van der Waals surface area contributed by atoms with Gasteiger partial charge in [0, 0.05) is 6.42 Å². The number of aliphatic hydroxyl groups excluding tert-OH is 6. The van der Waals surface area contributed by atoms with Crippen LogP contribution in [0.4, 0.5) is 0 Å². The van der Waals surface area contributed by atoms with Crippen molar-refractivity contribution in [3.05, 3.63) is 0 Å². The highest BCUT2D eigenvalue weighted by Gasteiger charge is 2.43. The van der Waals surface area contributed by atoms with E-state index in [1.165, 1.54) is 186 Å². The average Bonchev–Trinajstić information content (AvgIpc) is 3.27. The third kappa shape index (κ3) is 32.0. The summed E-state index contributed by atoms with van der Waals surface area (Å²) in [6.07, 6.45) is 40.6. The second kappa shape index (κ2) is 42.8. The van der Waals surface area contributed by atoms with Crippen molar-refractivity contribution in [2.75, 3.05) is 6.61 Å². The van der Waals surface area contributed by atoms with Crippen molar-refractivity contribution in [2.45, 2.75) is 326 Å². The third-order valence-corrected chi connectivity index (χ3v) is 13.8. The maximum atomic E-state index is 13.1. The number of hydrogen-bond donors (Lipinski definition) is 7. The number of rotatable bonds is 46. The van der Waals surface area contributed by atoms with Gasteiger partial charge < -0.3 is 40.7 Å². The molecule has 0 radical (unpaired) electrons. The fourth-order valence-corrected chi connectivity index (χ4v) is 9.44. The van der Waals surface area contributed by atoms with Gasteiger partial charge in [-0.25, -0.2) is 0 Å². The van der Waals surface area contributed by atoms with Crippen LogP contribution in [0.3, 0.4) is 0 Å². The largest absolute Gasteiger partial charge is 0.394 e. The second-order valence-electron chi connectivity index (χ2n) is 19.6. The van der Waals surface area contributed by atoms with Crippen molar-refractivity contribution in [1.29, 1.82) is 0 Å². The minimum Gasteiger partial charge on any atom is -0.394 e. The lowest BCUT2D eigenvalue weighted by Gasteiger charge is -2.40. The molecular formula is C53H105NO8. The Hall–Kier alpha value is -0.810. The van der Waals surface area contributed by atoms with Gasteiger partial charge >= 0.3 is 0 Å². The fraction of sp³-hybridized carbons (Fsp3) is 0.981. The molecule has 9 nitrogen and oxygen atoms in total. The molecule has 0 aromatic heterocycles. The predicted molar refractivity (Wildman–Crippen MR) is 258 cm³/mol. The molecule has 7 N–H and O–H groups in total. The van der Waals surface area contributed by atoms with E-state index in [0.29, 0.717) is 38.5 Å². The Balaban J connectivity index is 2.27. The van der Waals surface area contributed by atoms with Gasteiger partial charge in [0.1, 0.15) is 24.4 Å². The zero-order valence-corrected chi connectivity index (χ0v) is 40.8. The standard InChI is InChI=1S/C53H105NO8/c1-3-5-7-9-11-13-15-17-18-19-20-21-22-23-24-25-26-27-29-31-33-35-37-43-49(57)54-45(40-38-39-42-47-51(59)53(61)52(60)48(44-55)62-47)50(58)46(56)41-36-34-32-30-28-16-14-12-10-8-6-4-2/h45-48,50-53,55-56,58-61H,3-44H2,1-2H3,(H,54,57)/t45-,46+,47+,48+,50-,51-,52-,53+/m0/s1. The lowest BCUT2D eigenvalue weighted by molar-refractivity contribution is -0.230. The minimum absolute atomic E-state index is 0.0935. The van der Waals surface area contributed by atoms with Gasteiger partial charge in [0.2, 0.25) is 5.91 Å². The van der Waals surface area contributed by atoms with E-state index in [1.54, 1.807) is 0 Å². The van der Waals surface area contributed by atoms with Gasteiger partial charge in [0.05, 0.1) is 31.0 Å². The molecule has 0 aromatic carbocycles. The number of carbonyl (C=O) groups is 1. The summed E-state index contributed by atoms with van der Waals surface area (Å²) < 4.78 is 5.66. The number of amides is 1. The maximum Gasteiger partial charge on any atom is 0.220 e. The minimum atomic E-state index is -1.40. The normalized spacial score (nSPS) is 20.7. The SMILES string of the molecule is CCCCCCCCCCCCCCCCCCCCCCCCCC(=O)N[C@@H](CCCC[C@H]1O[C@H](CO)[C@H](O)[C@H](O)[C@H]1O)[C@H](O)[C@H](O)CCCCCCCCCCCCCC. The van der Waals surface area contributed by atoms with E-state index in [-0.39, 0.29) is 5.91 Å². The first kappa shape index (κ1) is 59.2. The number of aliphatic hydroxyl groups is 6. The Bertz CT molecular complexity index is 955. The molecular weight excluding hydrogens is 779 g/mol. The van der Waals surface area contributed by atoms with Crippen LogP contribution in [0, 0.1) is 0 Å². The zero-order valence-electron chi connectivity index (χ0n) is 40.8. The topological polar surface area (TPSA) is 160 Å². The lowest BCUT2D eigenvalue weighted by atomic mass is 9.91. The quantitative estimate of drug-likeness (QED) is 0.0298. The zero-order chi connectivity index (χ0) is 45.3. The third-order valence-electron chi connectivity index (χ3n) is 13.8. The number of nitrogens with one attached hydrogen (secondary N) is 1. The summed E-state index contributed by atoms with van der Waals surface area (Å²) in [6.45, 7) is 4.08. The molecule has 1 amide bonds. The van der Waals surface area contributed by atoms with Crippen LogP contribution in [-0.4, -0.2) is 91.9 Å². The lowest BCUT2D eigenvalue weighted by Crippen LogP contribution is -2.58. The number of hydrogen-bond acceptors (Lipinski definition) is 8. The van der Waals surface area contributed by atoms with E-state index in [1.807, 2.05) is 0 Å². The fourth-order valence-electron chi connectivity index (χ4n) is 9.44. The van der Waals surface area contributed by atoms with Crippen molar-refractivity contribution in [2.24, 2.45) is 0 Å². The van der Waals surface area contributed by atoms with E-state index in [4.69, 9.17) is 4.74 Å². The molecule has 1 saturated heterocycles. The Morgan fingerprint density at radius 1 is 0.452 bits per heavy atom. The van der Waals surface area contributed by atoms with E-state index in [9.17, 15) is 35.4 Å². The molecule has 1 fully saturated rings. The smallest absolute Gasteiger partial charge is 0.220 e. The number of ether oxygens (including phenoxy) is 1. The summed E-state index contributed by atoms with van der Waals surface area (Å²) in [6, 6.07) is -0.589. The van der Waals surface area contributed by atoms with Crippen LogP contribution < -0.4 is 5.32 Å². The summed E-state index contributed by atoms with van der Waals surface area (Å²) in [4.78, 5) is 13.1. The summed E-state index contributed by atoms with van der Waals surface area (Å²) in [5.41, 5.74) is 0. The monoisotopic (exact) mass is 884 g/mol. The molecule has 0 saturated carbocycles. The van der Waals surface area contributed by atoms with Crippen LogP contribution in [0.15, 0.2) is 0 Å². The van der Waals surface area contributed by atoms with Crippen LogP contribution in [0.2, 0.25) is 0 Å². The van der Waals surface area contributed by atoms with Crippen molar-refractivity contribution in [1.82, 2.24) is 5.32 Å².